The molecule has 3 aromatic rings. The number of benzene rings is 3. The Morgan fingerprint density at radius 2 is 1.62 bits per heavy atom. The molecular weight excluding hydrogens is 346 g/mol. The van der Waals surface area contributed by atoms with Crippen LogP contribution < -0.4 is 9.47 Å². The Kier molecular flexibility index (Phi) is 6.29. The van der Waals surface area contributed by atoms with E-state index in [4.69, 9.17) is 21.1 Å². The lowest BCUT2D eigenvalue weighted by Crippen LogP contribution is -1.98. The number of hydrogen-bond donors (Lipinski definition) is 0. The van der Waals surface area contributed by atoms with Gasteiger partial charge in [-0.3, -0.25) is 4.99 Å². The van der Waals surface area contributed by atoms with E-state index >= 15 is 0 Å². The molecule has 0 bridgehead atoms. The Morgan fingerprint density at radius 1 is 0.885 bits per heavy atom. The van der Waals surface area contributed by atoms with Crippen molar-refractivity contribution in [2.45, 2.75) is 13.5 Å². The molecule has 0 aliphatic carbocycles. The highest BCUT2D eigenvalue weighted by molar-refractivity contribution is 6.30. The van der Waals surface area contributed by atoms with Crippen LogP contribution in [0.15, 0.2) is 77.8 Å². The molecule has 0 aliphatic heterocycles. The number of para-hydroxylation sites is 1. The van der Waals surface area contributed by atoms with Gasteiger partial charge in [0.05, 0.1) is 12.3 Å². The van der Waals surface area contributed by atoms with Crippen LogP contribution in [0.1, 0.15) is 18.1 Å². The van der Waals surface area contributed by atoms with Crippen molar-refractivity contribution < 1.29 is 9.47 Å². The van der Waals surface area contributed by atoms with Gasteiger partial charge in [0.15, 0.2) is 0 Å². The van der Waals surface area contributed by atoms with Crippen molar-refractivity contribution in [3.8, 4) is 11.5 Å². The highest BCUT2D eigenvalue weighted by Gasteiger charge is 2.02. The Hall–Kier alpha value is -2.78. The molecule has 0 heterocycles. The number of ether oxygens (including phenoxy) is 2. The van der Waals surface area contributed by atoms with Crippen molar-refractivity contribution in [1.82, 2.24) is 0 Å². The summed E-state index contributed by atoms with van der Waals surface area (Å²) in [5.41, 5.74) is 2.85. The van der Waals surface area contributed by atoms with E-state index in [1.54, 1.807) is 0 Å². The second kappa shape index (κ2) is 9.07. The largest absolute Gasteiger partial charge is 0.494 e. The summed E-state index contributed by atoms with van der Waals surface area (Å²) in [6.45, 7) is 3.10. The maximum atomic E-state index is 5.95. The first-order chi connectivity index (χ1) is 12.7. The molecule has 0 unspecified atom stereocenters. The molecule has 3 nitrogen and oxygen atoms in total. The van der Waals surface area contributed by atoms with E-state index in [-0.39, 0.29) is 0 Å². The lowest BCUT2D eigenvalue weighted by molar-refractivity contribution is 0.306. The highest BCUT2D eigenvalue weighted by Crippen LogP contribution is 2.21. The van der Waals surface area contributed by atoms with Crippen molar-refractivity contribution >= 4 is 23.5 Å². The third-order valence-electron chi connectivity index (χ3n) is 3.73. The van der Waals surface area contributed by atoms with Gasteiger partial charge in [-0.2, -0.15) is 0 Å². The molecule has 0 radical (unpaired) electrons. The zero-order valence-electron chi connectivity index (χ0n) is 14.6. The van der Waals surface area contributed by atoms with Crippen LogP contribution >= 0.6 is 11.6 Å². The molecule has 0 spiro atoms. The Labute approximate surface area is 158 Å². The molecule has 0 atom stereocenters. The molecule has 3 aromatic carbocycles. The minimum absolute atomic E-state index is 0.477. The van der Waals surface area contributed by atoms with Crippen LogP contribution in [0.5, 0.6) is 11.5 Å². The fourth-order valence-electron chi connectivity index (χ4n) is 2.40. The predicted octanol–water partition coefficient (Wildman–Crippen LogP) is 6.07. The third-order valence-corrected chi connectivity index (χ3v) is 3.98. The smallest absolute Gasteiger partial charge is 0.128 e. The van der Waals surface area contributed by atoms with Gasteiger partial charge >= 0.3 is 0 Å². The van der Waals surface area contributed by atoms with E-state index in [1.807, 2.05) is 85.9 Å². The monoisotopic (exact) mass is 365 g/mol. The van der Waals surface area contributed by atoms with E-state index in [2.05, 4.69) is 4.99 Å². The van der Waals surface area contributed by atoms with Gasteiger partial charge in [0.1, 0.15) is 18.1 Å². The highest BCUT2D eigenvalue weighted by atomic mass is 35.5. The number of halogens is 1. The van der Waals surface area contributed by atoms with Crippen LogP contribution in [0.2, 0.25) is 5.02 Å². The van der Waals surface area contributed by atoms with Gasteiger partial charge in [0.2, 0.25) is 0 Å². The normalized spacial score (nSPS) is 10.8. The van der Waals surface area contributed by atoms with Gasteiger partial charge < -0.3 is 9.47 Å². The van der Waals surface area contributed by atoms with Crippen LogP contribution in [-0.4, -0.2) is 12.8 Å². The third kappa shape index (κ3) is 5.11. The summed E-state index contributed by atoms with van der Waals surface area (Å²) in [5.74, 6) is 1.63. The first-order valence-corrected chi connectivity index (χ1v) is 8.85. The van der Waals surface area contributed by atoms with E-state index in [1.165, 1.54) is 0 Å². The zero-order chi connectivity index (χ0) is 18.2. The minimum Gasteiger partial charge on any atom is -0.494 e. The number of rotatable bonds is 7. The molecule has 3 rings (SSSR count). The molecule has 132 valence electrons. The quantitative estimate of drug-likeness (QED) is 0.476. The second-order valence-electron chi connectivity index (χ2n) is 5.64. The zero-order valence-corrected chi connectivity index (χ0v) is 15.3. The minimum atomic E-state index is 0.477. The number of aliphatic imine (C=N–C) groups is 1. The van der Waals surface area contributed by atoms with Crippen molar-refractivity contribution in [3.63, 3.8) is 0 Å². The summed E-state index contributed by atoms with van der Waals surface area (Å²) in [5, 5.41) is 0.719. The van der Waals surface area contributed by atoms with Crippen LogP contribution in [0, 0.1) is 0 Å². The fraction of sp³-hybridized carbons (Fsp3) is 0.136. The average Bonchev–Trinajstić information content (AvgIpc) is 2.68. The molecular formula is C22H20ClNO2. The number of nitrogens with zero attached hydrogens (tertiary/aromatic N) is 1. The Bertz CT molecular complexity index is 858. The molecule has 0 fully saturated rings. The summed E-state index contributed by atoms with van der Waals surface area (Å²) >= 11 is 5.91. The van der Waals surface area contributed by atoms with E-state index in [0.717, 1.165) is 33.3 Å². The molecule has 0 saturated carbocycles. The van der Waals surface area contributed by atoms with Crippen molar-refractivity contribution in [3.05, 3.63) is 88.9 Å². The van der Waals surface area contributed by atoms with Crippen LogP contribution in [0.3, 0.4) is 0 Å². The fourth-order valence-corrected chi connectivity index (χ4v) is 2.53. The average molecular weight is 366 g/mol. The molecule has 26 heavy (non-hydrogen) atoms. The molecule has 0 saturated heterocycles. The van der Waals surface area contributed by atoms with Crippen molar-refractivity contribution in [2.24, 2.45) is 4.99 Å². The summed E-state index contributed by atoms with van der Waals surface area (Å²) in [6.07, 6.45) is 1.81. The van der Waals surface area contributed by atoms with E-state index in [9.17, 15) is 0 Å². The Balaban J connectivity index is 1.69. The molecule has 0 N–H and O–H groups in total. The maximum absolute atomic E-state index is 5.95. The predicted molar refractivity (Wildman–Crippen MR) is 107 cm³/mol. The van der Waals surface area contributed by atoms with Crippen LogP contribution in [0.4, 0.5) is 5.69 Å². The van der Waals surface area contributed by atoms with Gasteiger partial charge in [-0.15, -0.1) is 0 Å². The molecule has 4 heteroatoms. The lowest BCUT2D eigenvalue weighted by atomic mass is 10.2. The van der Waals surface area contributed by atoms with Gasteiger partial charge in [0.25, 0.3) is 0 Å². The van der Waals surface area contributed by atoms with Crippen LogP contribution in [-0.2, 0) is 6.61 Å². The summed E-state index contributed by atoms with van der Waals surface area (Å²) in [6, 6.07) is 23.2. The summed E-state index contributed by atoms with van der Waals surface area (Å²) in [4.78, 5) is 4.53. The van der Waals surface area contributed by atoms with Crippen molar-refractivity contribution in [2.75, 3.05) is 6.61 Å². The van der Waals surface area contributed by atoms with Gasteiger partial charge in [-0.25, -0.2) is 0 Å². The van der Waals surface area contributed by atoms with E-state index in [0.29, 0.717) is 13.2 Å². The van der Waals surface area contributed by atoms with E-state index < -0.39 is 0 Å². The van der Waals surface area contributed by atoms with Crippen LogP contribution in [0.25, 0.3) is 0 Å². The first kappa shape index (κ1) is 18.0. The summed E-state index contributed by atoms with van der Waals surface area (Å²) < 4.78 is 11.4. The van der Waals surface area contributed by atoms with Gasteiger partial charge in [-0.1, -0.05) is 35.9 Å². The van der Waals surface area contributed by atoms with Gasteiger partial charge in [0, 0.05) is 16.8 Å². The first-order valence-electron chi connectivity index (χ1n) is 8.48. The van der Waals surface area contributed by atoms with Gasteiger partial charge in [-0.05, 0) is 61.0 Å². The molecule has 0 aromatic heterocycles. The standard InChI is InChI=1S/C22H20ClNO2/c1-2-25-21-13-11-20(12-14-21)24-15-18-5-3-4-6-22(18)26-16-17-7-9-19(23)10-8-17/h3-15H,2,16H2,1H3. The lowest BCUT2D eigenvalue weighted by Gasteiger charge is -2.09. The Morgan fingerprint density at radius 3 is 2.35 bits per heavy atom. The summed E-state index contributed by atoms with van der Waals surface area (Å²) in [7, 11) is 0. The maximum Gasteiger partial charge on any atom is 0.128 e. The van der Waals surface area contributed by atoms with Crippen molar-refractivity contribution in [1.29, 1.82) is 0 Å². The second-order valence-corrected chi connectivity index (χ2v) is 6.07. The number of hydrogen-bond acceptors (Lipinski definition) is 3. The topological polar surface area (TPSA) is 30.8 Å². The molecule has 0 amide bonds. The SMILES string of the molecule is CCOc1ccc(N=Cc2ccccc2OCc2ccc(Cl)cc2)cc1. The molecule has 0 aliphatic rings.